The molecule has 3 aromatic carbocycles. The van der Waals surface area contributed by atoms with Crippen LogP contribution in [-0.4, -0.2) is 95.7 Å². The number of hydrogen-bond donors (Lipinski definition) is 0. The number of piperazine rings is 1. The number of carbonyl (C=O) groups excluding carboxylic acids is 2. The molecule has 2 saturated heterocycles. The second-order valence-corrected chi connectivity index (χ2v) is 15.6. The number of nitriles is 1. The number of rotatable bonds is 11. The summed E-state index contributed by atoms with van der Waals surface area (Å²) in [6.45, 7) is 21.2. The summed E-state index contributed by atoms with van der Waals surface area (Å²) in [4.78, 5) is 44.2. The Morgan fingerprint density at radius 1 is 1.00 bits per heavy atom. The van der Waals surface area contributed by atoms with Gasteiger partial charge in [0.05, 0.1) is 28.9 Å². The third-order valence-electron chi connectivity index (χ3n) is 10.8. The molecule has 1 aromatic heterocycles. The summed E-state index contributed by atoms with van der Waals surface area (Å²) in [6.07, 6.45) is 4.95. The molecule has 3 aliphatic rings. The van der Waals surface area contributed by atoms with Crippen LogP contribution in [0.1, 0.15) is 81.1 Å². The number of carbonyl (C=O) groups is 2. The molecular weight excluding hydrogens is 750 g/mol. The lowest BCUT2D eigenvalue weighted by molar-refractivity contribution is -0.126. The Morgan fingerprint density at radius 2 is 1.71 bits per heavy atom. The molecule has 2 fully saturated rings. The van der Waals surface area contributed by atoms with Gasteiger partial charge < -0.3 is 24.2 Å². The molecule has 0 spiro atoms. The lowest BCUT2D eigenvalue weighted by atomic mass is 10.0. The van der Waals surface area contributed by atoms with Gasteiger partial charge in [0.15, 0.2) is 0 Å². The highest BCUT2D eigenvalue weighted by molar-refractivity contribution is 6.36. The average Bonchev–Trinajstić information content (AvgIpc) is 3.69. The van der Waals surface area contributed by atoms with Crippen molar-refractivity contribution in [2.75, 3.05) is 62.2 Å². The predicted octanol–water partition coefficient (Wildman–Crippen LogP) is 8.41. The minimum atomic E-state index is -0.619. The van der Waals surface area contributed by atoms with E-state index in [1.165, 1.54) is 13.0 Å². The van der Waals surface area contributed by atoms with E-state index >= 15 is 0 Å². The number of aryl methyl sites for hydroxylation is 1. The van der Waals surface area contributed by atoms with Crippen LogP contribution in [0.2, 0.25) is 5.02 Å². The predicted molar refractivity (Wildman–Crippen MR) is 233 cm³/mol. The Balaban J connectivity index is 0.00000122. The van der Waals surface area contributed by atoms with Crippen LogP contribution in [0.5, 0.6) is 6.01 Å². The first-order valence-electron chi connectivity index (χ1n) is 20.5. The largest absolute Gasteiger partial charge is 0.462 e. The molecule has 11 nitrogen and oxygen atoms in total. The molecule has 58 heavy (non-hydrogen) atoms. The van der Waals surface area contributed by atoms with Gasteiger partial charge in [0.1, 0.15) is 18.0 Å². The first-order chi connectivity index (χ1) is 28.0. The topological polar surface area (TPSA) is 115 Å². The SMILES string of the molecule is C=CC(=O)N1CCN(c2nc(OCC3CCCN3CCC(C)(C)OC(=O)c3cccc(C)c3)nc3c2CCN(c2cccc4cccc(Cl)c24)C3)CC1.CC.CC#N. The van der Waals surface area contributed by atoms with E-state index in [9.17, 15) is 9.59 Å². The summed E-state index contributed by atoms with van der Waals surface area (Å²) in [5.74, 6) is 0.555. The Morgan fingerprint density at radius 3 is 2.41 bits per heavy atom. The van der Waals surface area contributed by atoms with E-state index < -0.39 is 5.60 Å². The number of benzene rings is 3. The van der Waals surface area contributed by atoms with Crippen LogP contribution in [-0.2, 0) is 22.5 Å². The smallest absolute Gasteiger partial charge is 0.338 e. The fourth-order valence-electron chi connectivity index (χ4n) is 7.82. The van der Waals surface area contributed by atoms with Crippen LogP contribution >= 0.6 is 11.6 Å². The number of hydrogen-bond acceptors (Lipinski definition) is 10. The van der Waals surface area contributed by atoms with Crippen LogP contribution in [0.4, 0.5) is 11.5 Å². The molecule has 0 N–H and O–H groups in total. The molecule has 12 heteroatoms. The molecule has 0 saturated carbocycles. The minimum absolute atomic E-state index is 0.0447. The standard InChI is InChI=1S/C42H49ClN6O4.C2H3N.C2H6/c1-5-37(50)47-22-24-48(25-23-47)39-33-17-20-49(36-16-8-12-30-11-7-15-34(43)38(30)36)27-35(33)44-41(45-39)52-28-32-14-9-19-46(32)21-18-42(3,4)53-40(51)31-13-6-10-29(2)26-31;1-2-3;1-2/h5-8,10-13,15-16,26,32H,1,9,14,17-25,27-28H2,2-4H3;1H3;1-2H3. The molecule has 7 rings (SSSR count). The average molecular weight is 808 g/mol. The molecule has 1 unspecified atom stereocenters. The highest BCUT2D eigenvalue weighted by Crippen LogP contribution is 2.37. The van der Waals surface area contributed by atoms with Gasteiger partial charge in [-0.1, -0.05) is 74.0 Å². The van der Waals surface area contributed by atoms with Gasteiger partial charge in [0, 0.05) is 68.9 Å². The van der Waals surface area contributed by atoms with Crippen LogP contribution < -0.4 is 14.5 Å². The van der Waals surface area contributed by atoms with Gasteiger partial charge in [0.2, 0.25) is 5.91 Å². The first kappa shape index (κ1) is 43.9. The second-order valence-electron chi connectivity index (χ2n) is 15.2. The first-order valence-corrected chi connectivity index (χ1v) is 20.8. The van der Waals surface area contributed by atoms with Gasteiger partial charge in [-0.2, -0.15) is 15.2 Å². The highest BCUT2D eigenvalue weighted by Gasteiger charge is 2.32. The van der Waals surface area contributed by atoms with Crippen molar-refractivity contribution < 1.29 is 19.1 Å². The van der Waals surface area contributed by atoms with Crippen molar-refractivity contribution in [2.24, 2.45) is 0 Å². The van der Waals surface area contributed by atoms with Crippen molar-refractivity contribution in [2.45, 2.75) is 85.4 Å². The van der Waals surface area contributed by atoms with Crippen molar-refractivity contribution in [1.29, 1.82) is 5.26 Å². The number of ether oxygens (including phenoxy) is 2. The van der Waals surface area contributed by atoms with Gasteiger partial charge in [-0.3, -0.25) is 9.69 Å². The van der Waals surface area contributed by atoms with E-state index in [-0.39, 0.29) is 17.9 Å². The number of aromatic nitrogens is 2. The quantitative estimate of drug-likeness (QED) is 0.108. The molecule has 1 amide bonds. The molecule has 4 heterocycles. The number of likely N-dealkylation sites (tertiary alicyclic amines) is 1. The molecule has 0 aliphatic carbocycles. The van der Waals surface area contributed by atoms with Gasteiger partial charge in [-0.05, 0) is 88.7 Å². The van der Waals surface area contributed by atoms with Crippen molar-refractivity contribution in [3.8, 4) is 12.1 Å². The third-order valence-corrected chi connectivity index (χ3v) is 11.1. The molecule has 0 radical (unpaired) electrons. The fourth-order valence-corrected chi connectivity index (χ4v) is 8.10. The Kier molecular flexibility index (Phi) is 15.5. The highest BCUT2D eigenvalue weighted by atomic mass is 35.5. The van der Waals surface area contributed by atoms with E-state index in [0.717, 1.165) is 83.0 Å². The van der Waals surface area contributed by atoms with Crippen LogP contribution in [0.3, 0.4) is 0 Å². The molecule has 308 valence electrons. The number of anilines is 2. The summed E-state index contributed by atoms with van der Waals surface area (Å²) in [6, 6.07) is 22.2. The number of amides is 1. The van der Waals surface area contributed by atoms with Gasteiger partial charge in [-0.15, -0.1) is 0 Å². The molecule has 4 aromatic rings. The number of esters is 1. The van der Waals surface area contributed by atoms with Gasteiger partial charge in [-0.25, -0.2) is 4.79 Å². The van der Waals surface area contributed by atoms with Crippen molar-refractivity contribution in [3.63, 3.8) is 0 Å². The maximum absolute atomic E-state index is 12.9. The van der Waals surface area contributed by atoms with Crippen LogP contribution in [0.15, 0.2) is 73.3 Å². The zero-order chi connectivity index (χ0) is 41.8. The number of halogens is 1. The Labute approximate surface area is 349 Å². The normalized spacial score (nSPS) is 16.6. The van der Waals surface area contributed by atoms with E-state index in [1.807, 2.05) is 69.9 Å². The summed E-state index contributed by atoms with van der Waals surface area (Å²) in [5.41, 5.74) is 4.16. The maximum Gasteiger partial charge on any atom is 0.338 e. The fraction of sp³-hybridized carbons (Fsp3) is 0.457. The summed E-state index contributed by atoms with van der Waals surface area (Å²) >= 11 is 6.75. The minimum Gasteiger partial charge on any atom is -0.462 e. The summed E-state index contributed by atoms with van der Waals surface area (Å²) in [5, 5.41) is 10.2. The van der Waals surface area contributed by atoms with E-state index in [0.29, 0.717) is 57.3 Å². The van der Waals surface area contributed by atoms with Gasteiger partial charge >= 0.3 is 12.0 Å². The zero-order valence-corrected chi connectivity index (χ0v) is 35.7. The monoisotopic (exact) mass is 807 g/mol. The molecule has 3 aliphatic heterocycles. The molecule has 1 atom stereocenters. The van der Waals surface area contributed by atoms with Crippen molar-refractivity contribution in [3.05, 3.63) is 101 Å². The zero-order valence-electron chi connectivity index (χ0n) is 35.0. The Bertz CT molecular complexity index is 2090. The maximum atomic E-state index is 12.9. The van der Waals surface area contributed by atoms with E-state index in [1.54, 1.807) is 12.1 Å². The molecular formula is C46H58ClN7O4. The summed E-state index contributed by atoms with van der Waals surface area (Å²) in [7, 11) is 0. The Hall–Kier alpha value is -5.18. The van der Waals surface area contributed by atoms with Crippen LogP contribution in [0.25, 0.3) is 10.8 Å². The van der Waals surface area contributed by atoms with Crippen LogP contribution in [0, 0.1) is 18.3 Å². The van der Waals surface area contributed by atoms with E-state index in [4.69, 9.17) is 36.3 Å². The van der Waals surface area contributed by atoms with Crippen molar-refractivity contribution in [1.82, 2.24) is 19.8 Å². The second kappa shape index (κ2) is 20.5. The lowest BCUT2D eigenvalue weighted by Gasteiger charge is -2.38. The number of nitrogens with zero attached hydrogens (tertiary/aromatic N) is 7. The molecule has 0 bridgehead atoms. The van der Waals surface area contributed by atoms with Gasteiger partial charge in [0.25, 0.3) is 0 Å². The van der Waals surface area contributed by atoms with Crippen molar-refractivity contribution >= 4 is 45.8 Å². The lowest BCUT2D eigenvalue weighted by Crippen LogP contribution is -2.49. The third kappa shape index (κ3) is 10.9. The number of fused-ring (bicyclic) bond motifs is 2. The van der Waals surface area contributed by atoms with E-state index in [2.05, 4.69) is 45.5 Å². The summed E-state index contributed by atoms with van der Waals surface area (Å²) < 4.78 is 12.5.